The number of hydrogen-bond donors (Lipinski definition) is 1. The molecule has 0 aromatic heterocycles. The molecule has 21 heavy (non-hydrogen) atoms. The number of carbonyl (C=O) groups excluding carboxylic acids is 1. The van der Waals surface area contributed by atoms with Crippen LogP contribution in [-0.4, -0.2) is 44.0 Å². The van der Waals surface area contributed by atoms with Crippen LogP contribution in [0.5, 0.6) is 0 Å². The lowest BCUT2D eigenvalue weighted by Crippen LogP contribution is -2.46. The summed E-state index contributed by atoms with van der Waals surface area (Å²) in [6.45, 7) is 1.04. The third-order valence-corrected chi connectivity index (χ3v) is 6.10. The molecule has 0 radical (unpaired) electrons. The van der Waals surface area contributed by atoms with Crippen LogP contribution in [0.15, 0.2) is 0 Å². The molecule has 1 saturated carbocycles. The fraction of sp³-hybridized carbons (Fsp3) is 0.933. The number of amides is 1. The standard InChI is InChI=1S/C15H28N2O3S/c1-21(19,20)17-11-9-14(10-12-17)16-15(18)8-7-13-5-3-2-4-6-13/h13-14H,2-12H2,1H3,(H,16,18). The molecule has 1 aliphatic heterocycles. The van der Waals surface area contributed by atoms with Crippen molar-refractivity contribution in [2.75, 3.05) is 19.3 Å². The van der Waals surface area contributed by atoms with Crippen LogP contribution in [0.2, 0.25) is 0 Å². The monoisotopic (exact) mass is 316 g/mol. The second-order valence-corrected chi connectivity index (χ2v) is 8.53. The van der Waals surface area contributed by atoms with E-state index in [0.29, 0.717) is 19.5 Å². The summed E-state index contributed by atoms with van der Waals surface area (Å²) in [6.07, 6.45) is 10.9. The molecule has 0 atom stereocenters. The number of piperidine rings is 1. The zero-order chi connectivity index (χ0) is 15.3. The molecule has 2 fully saturated rings. The molecule has 1 amide bonds. The summed E-state index contributed by atoms with van der Waals surface area (Å²) in [7, 11) is -3.08. The molecule has 2 rings (SSSR count). The van der Waals surface area contributed by atoms with Gasteiger partial charge in [-0.05, 0) is 25.2 Å². The van der Waals surface area contributed by atoms with Crippen molar-refractivity contribution >= 4 is 15.9 Å². The van der Waals surface area contributed by atoms with Gasteiger partial charge < -0.3 is 5.32 Å². The second-order valence-electron chi connectivity index (χ2n) is 6.55. The van der Waals surface area contributed by atoms with E-state index in [9.17, 15) is 13.2 Å². The van der Waals surface area contributed by atoms with Crippen molar-refractivity contribution < 1.29 is 13.2 Å². The third-order valence-electron chi connectivity index (χ3n) is 4.79. The number of sulfonamides is 1. The predicted molar refractivity (Wildman–Crippen MR) is 83.4 cm³/mol. The summed E-state index contributed by atoms with van der Waals surface area (Å²) < 4.78 is 24.4. The molecule has 1 heterocycles. The molecule has 0 aromatic rings. The summed E-state index contributed by atoms with van der Waals surface area (Å²) >= 11 is 0. The molecule has 5 nitrogen and oxygen atoms in total. The second kappa shape index (κ2) is 7.58. The van der Waals surface area contributed by atoms with Crippen LogP contribution in [0.3, 0.4) is 0 Å². The van der Waals surface area contributed by atoms with Gasteiger partial charge in [-0.25, -0.2) is 12.7 Å². The van der Waals surface area contributed by atoms with Crippen molar-refractivity contribution in [1.82, 2.24) is 9.62 Å². The van der Waals surface area contributed by atoms with Gasteiger partial charge in [-0.15, -0.1) is 0 Å². The largest absolute Gasteiger partial charge is 0.353 e. The van der Waals surface area contributed by atoms with Gasteiger partial charge in [0.15, 0.2) is 0 Å². The minimum atomic E-state index is -3.08. The Hall–Kier alpha value is -0.620. The molecular weight excluding hydrogens is 288 g/mol. The molecule has 1 N–H and O–H groups in total. The molecule has 0 unspecified atom stereocenters. The smallest absolute Gasteiger partial charge is 0.220 e. The highest BCUT2D eigenvalue weighted by Gasteiger charge is 2.25. The maximum absolute atomic E-state index is 12.0. The fourth-order valence-corrected chi connectivity index (χ4v) is 4.32. The summed E-state index contributed by atoms with van der Waals surface area (Å²) in [6, 6.07) is 0.141. The Morgan fingerprint density at radius 2 is 1.71 bits per heavy atom. The normalized spacial score (nSPS) is 23.1. The zero-order valence-electron chi connectivity index (χ0n) is 13.0. The van der Waals surface area contributed by atoms with Gasteiger partial charge in [-0.1, -0.05) is 32.1 Å². The molecule has 1 saturated heterocycles. The van der Waals surface area contributed by atoms with Crippen LogP contribution < -0.4 is 5.32 Å². The quantitative estimate of drug-likeness (QED) is 0.842. The summed E-state index contributed by atoms with van der Waals surface area (Å²) in [5.74, 6) is 0.870. The van der Waals surface area contributed by atoms with Crippen LogP contribution in [0, 0.1) is 5.92 Å². The lowest BCUT2D eigenvalue weighted by Gasteiger charge is -2.30. The molecule has 2 aliphatic rings. The Kier molecular flexibility index (Phi) is 6.05. The Labute approximate surface area is 128 Å². The van der Waals surface area contributed by atoms with Crippen molar-refractivity contribution in [1.29, 1.82) is 0 Å². The van der Waals surface area contributed by atoms with Gasteiger partial charge >= 0.3 is 0 Å². The first-order chi connectivity index (χ1) is 9.95. The first kappa shape index (κ1) is 16.7. The topological polar surface area (TPSA) is 66.5 Å². The maximum Gasteiger partial charge on any atom is 0.220 e. The van der Waals surface area contributed by atoms with Gasteiger partial charge in [0.05, 0.1) is 6.26 Å². The lowest BCUT2D eigenvalue weighted by atomic mass is 9.86. The third kappa shape index (κ3) is 5.58. The SMILES string of the molecule is CS(=O)(=O)N1CCC(NC(=O)CCC2CCCCC2)CC1. The Balaban J connectivity index is 1.65. The van der Waals surface area contributed by atoms with E-state index in [0.717, 1.165) is 25.2 Å². The van der Waals surface area contributed by atoms with Crippen LogP contribution in [0.25, 0.3) is 0 Å². The van der Waals surface area contributed by atoms with E-state index in [1.165, 1.54) is 42.7 Å². The highest BCUT2D eigenvalue weighted by molar-refractivity contribution is 7.88. The number of rotatable bonds is 5. The van der Waals surface area contributed by atoms with Gasteiger partial charge in [0, 0.05) is 25.6 Å². The van der Waals surface area contributed by atoms with E-state index in [1.54, 1.807) is 0 Å². The van der Waals surface area contributed by atoms with E-state index < -0.39 is 10.0 Å². The molecule has 0 bridgehead atoms. The number of nitrogens with one attached hydrogen (secondary N) is 1. The van der Waals surface area contributed by atoms with Crippen LogP contribution in [-0.2, 0) is 14.8 Å². The van der Waals surface area contributed by atoms with E-state index in [4.69, 9.17) is 0 Å². The first-order valence-electron chi connectivity index (χ1n) is 8.19. The first-order valence-corrected chi connectivity index (χ1v) is 10.0. The minimum Gasteiger partial charge on any atom is -0.353 e. The van der Waals surface area contributed by atoms with Gasteiger partial charge in [-0.2, -0.15) is 0 Å². The highest BCUT2D eigenvalue weighted by Crippen LogP contribution is 2.27. The fourth-order valence-electron chi connectivity index (χ4n) is 3.44. The Morgan fingerprint density at radius 1 is 1.10 bits per heavy atom. The van der Waals surface area contributed by atoms with Crippen molar-refractivity contribution in [3.63, 3.8) is 0 Å². The van der Waals surface area contributed by atoms with Gasteiger partial charge in [-0.3, -0.25) is 4.79 Å². The van der Waals surface area contributed by atoms with Crippen LogP contribution in [0.4, 0.5) is 0 Å². The Morgan fingerprint density at radius 3 is 2.29 bits per heavy atom. The molecule has 122 valence electrons. The van der Waals surface area contributed by atoms with E-state index >= 15 is 0 Å². The highest BCUT2D eigenvalue weighted by atomic mass is 32.2. The van der Waals surface area contributed by atoms with Gasteiger partial charge in [0.25, 0.3) is 0 Å². The predicted octanol–water partition coefficient (Wildman–Crippen LogP) is 1.89. The van der Waals surface area contributed by atoms with Gasteiger partial charge in [0.1, 0.15) is 0 Å². The molecule has 0 spiro atoms. The minimum absolute atomic E-state index is 0.137. The van der Waals surface area contributed by atoms with E-state index in [1.807, 2.05) is 0 Å². The van der Waals surface area contributed by atoms with Crippen LogP contribution in [0.1, 0.15) is 57.8 Å². The lowest BCUT2D eigenvalue weighted by molar-refractivity contribution is -0.122. The molecule has 6 heteroatoms. The van der Waals surface area contributed by atoms with Crippen molar-refractivity contribution in [2.24, 2.45) is 5.92 Å². The molecular formula is C15H28N2O3S. The van der Waals surface area contributed by atoms with Crippen LogP contribution >= 0.6 is 0 Å². The molecule has 0 aromatic carbocycles. The van der Waals surface area contributed by atoms with Crippen molar-refractivity contribution in [3.05, 3.63) is 0 Å². The van der Waals surface area contributed by atoms with E-state index in [2.05, 4.69) is 5.32 Å². The summed E-state index contributed by atoms with van der Waals surface area (Å²) in [5.41, 5.74) is 0. The van der Waals surface area contributed by atoms with Crippen molar-refractivity contribution in [3.8, 4) is 0 Å². The average molecular weight is 316 g/mol. The Bertz CT molecular complexity index is 436. The summed E-state index contributed by atoms with van der Waals surface area (Å²) in [4.78, 5) is 12.0. The molecule has 1 aliphatic carbocycles. The maximum atomic E-state index is 12.0. The number of hydrogen-bond acceptors (Lipinski definition) is 3. The van der Waals surface area contributed by atoms with E-state index in [-0.39, 0.29) is 11.9 Å². The zero-order valence-corrected chi connectivity index (χ0v) is 13.8. The van der Waals surface area contributed by atoms with Gasteiger partial charge in [0.2, 0.25) is 15.9 Å². The number of nitrogens with zero attached hydrogens (tertiary/aromatic N) is 1. The van der Waals surface area contributed by atoms with Crippen molar-refractivity contribution in [2.45, 2.75) is 63.8 Å². The average Bonchev–Trinajstić information content (AvgIpc) is 2.46. The number of carbonyl (C=O) groups is 1. The summed E-state index contributed by atoms with van der Waals surface area (Å²) in [5, 5.41) is 3.07.